The van der Waals surface area contributed by atoms with E-state index in [2.05, 4.69) is 46.2 Å². The highest BCUT2D eigenvalue weighted by Crippen LogP contribution is 2.17. The molecule has 0 bridgehead atoms. The van der Waals surface area contributed by atoms with Crippen LogP contribution in [0.25, 0.3) is 11.4 Å². The van der Waals surface area contributed by atoms with Crippen LogP contribution in [0.1, 0.15) is 19.5 Å². The summed E-state index contributed by atoms with van der Waals surface area (Å²) in [7, 11) is 0. The van der Waals surface area contributed by atoms with Gasteiger partial charge in [0.15, 0.2) is 0 Å². The largest absolute Gasteiger partial charge is 0.341 e. The molecule has 1 aromatic heterocycles. The first kappa shape index (κ1) is 13.3. The highest BCUT2D eigenvalue weighted by Gasteiger charge is 2.22. The molecule has 2 aromatic rings. The lowest BCUT2D eigenvalue weighted by molar-refractivity contribution is 0.137. The van der Waals surface area contributed by atoms with Crippen LogP contribution in [0.3, 0.4) is 0 Å². The number of H-pyrrole nitrogens is 1. The molecule has 1 fully saturated rings. The van der Waals surface area contributed by atoms with Gasteiger partial charge < -0.3 is 10.3 Å². The van der Waals surface area contributed by atoms with Gasteiger partial charge in [0.25, 0.3) is 0 Å². The molecular weight excluding hydrogens is 248 g/mol. The van der Waals surface area contributed by atoms with Crippen LogP contribution in [0, 0.1) is 0 Å². The lowest BCUT2D eigenvalue weighted by atomic mass is 10.1. The van der Waals surface area contributed by atoms with Gasteiger partial charge in [-0.15, -0.1) is 0 Å². The van der Waals surface area contributed by atoms with E-state index in [0.29, 0.717) is 12.1 Å². The van der Waals surface area contributed by atoms with Crippen molar-refractivity contribution in [3.63, 3.8) is 0 Å². The van der Waals surface area contributed by atoms with Gasteiger partial charge in [-0.05, 0) is 13.8 Å². The lowest BCUT2D eigenvalue weighted by Crippen LogP contribution is -2.53. The molecule has 1 aliphatic rings. The Hall–Kier alpha value is -1.65. The third-order valence-electron chi connectivity index (χ3n) is 3.94. The zero-order valence-corrected chi connectivity index (χ0v) is 12.1. The van der Waals surface area contributed by atoms with Crippen LogP contribution in [0.5, 0.6) is 0 Å². The van der Waals surface area contributed by atoms with Gasteiger partial charge in [0.1, 0.15) is 5.82 Å². The Morgan fingerprint density at radius 2 is 2.05 bits per heavy atom. The monoisotopic (exact) mass is 270 g/mol. The van der Waals surface area contributed by atoms with Crippen molar-refractivity contribution < 1.29 is 0 Å². The van der Waals surface area contributed by atoms with Crippen molar-refractivity contribution >= 4 is 0 Å². The van der Waals surface area contributed by atoms with Gasteiger partial charge in [-0.2, -0.15) is 0 Å². The van der Waals surface area contributed by atoms with Crippen molar-refractivity contribution in [2.75, 3.05) is 13.1 Å². The summed E-state index contributed by atoms with van der Waals surface area (Å²) in [5.41, 5.74) is 2.32. The van der Waals surface area contributed by atoms with Gasteiger partial charge in [-0.25, -0.2) is 4.98 Å². The third-order valence-corrected chi connectivity index (χ3v) is 3.94. The van der Waals surface area contributed by atoms with Crippen LogP contribution in [0.4, 0.5) is 0 Å². The molecule has 1 aliphatic heterocycles. The van der Waals surface area contributed by atoms with E-state index in [1.807, 2.05) is 24.4 Å². The molecule has 0 spiro atoms. The topological polar surface area (TPSA) is 44.0 Å². The average molecular weight is 270 g/mol. The molecule has 0 radical (unpaired) electrons. The fraction of sp³-hybridized carbons (Fsp3) is 0.438. The van der Waals surface area contributed by atoms with E-state index in [4.69, 9.17) is 0 Å². The van der Waals surface area contributed by atoms with E-state index in [1.54, 1.807) is 0 Å². The van der Waals surface area contributed by atoms with Crippen LogP contribution in [-0.2, 0) is 6.54 Å². The number of hydrogen-bond acceptors (Lipinski definition) is 3. The molecule has 2 atom stereocenters. The summed E-state index contributed by atoms with van der Waals surface area (Å²) >= 11 is 0. The minimum atomic E-state index is 0.558. The standard InChI is InChI=1S/C16H22N4/c1-12-10-20(13(2)8-17-12)11-15-9-18-16(19-15)14-6-4-3-5-7-14/h3-7,9,12-13,17H,8,10-11H2,1-2H3,(H,18,19). The Morgan fingerprint density at radius 3 is 2.85 bits per heavy atom. The molecule has 4 heteroatoms. The van der Waals surface area contributed by atoms with Gasteiger partial charge in [0.2, 0.25) is 0 Å². The minimum Gasteiger partial charge on any atom is -0.341 e. The van der Waals surface area contributed by atoms with Gasteiger partial charge in [0.05, 0.1) is 0 Å². The fourth-order valence-electron chi connectivity index (χ4n) is 2.72. The van der Waals surface area contributed by atoms with Crippen LogP contribution in [-0.4, -0.2) is 40.0 Å². The maximum absolute atomic E-state index is 4.50. The van der Waals surface area contributed by atoms with Gasteiger partial charge in [0, 0.05) is 49.2 Å². The van der Waals surface area contributed by atoms with Gasteiger partial charge in [-0.1, -0.05) is 30.3 Å². The summed E-state index contributed by atoms with van der Waals surface area (Å²) in [5, 5.41) is 3.51. The first-order valence-electron chi connectivity index (χ1n) is 7.29. The summed E-state index contributed by atoms with van der Waals surface area (Å²) in [6, 6.07) is 11.4. The minimum absolute atomic E-state index is 0.558. The maximum atomic E-state index is 4.50. The predicted octanol–water partition coefficient (Wildman–Crippen LogP) is 2.26. The number of aromatic nitrogens is 2. The summed E-state index contributed by atoms with van der Waals surface area (Å²) in [6.07, 6.45) is 1.96. The predicted molar refractivity (Wildman–Crippen MR) is 81.4 cm³/mol. The molecule has 4 nitrogen and oxygen atoms in total. The smallest absolute Gasteiger partial charge is 0.137 e. The molecule has 1 saturated heterocycles. The van der Waals surface area contributed by atoms with Crippen molar-refractivity contribution in [3.05, 3.63) is 42.2 Å². The molecule has 0 saturated carbocycles. The molecular formula is C16H22N4. The number of piperazine rings is 1. The number of hydrogen-bond donors (Lipinski definition) is 2. The second kappa shape index (κ2) is 5.77. The van der Waals surface area contributed by atoms with E-state index in [-0.39, 0.29) is 0 Å². The Morgan fingerprint density at radius 1 is 1.25 bits per heavy atom. The Labute approximate surface area is 120 Å². The van der Waals surface area contributed by atoms with Crippen molar-refractivity contribution in [2.45, 2.75) is 32.5 Å². The molecule has 2 N–H and O–H groups in total. The number of rotatable bonds is 3. The molecule has 1 aromatic carbocycles. The Kier molecular flexibility index (Phi) is 3.85. The first-order valence-corrected chi connectivity index (χ1v) is 7.29. The van der Waals surface area contributed by atoms with Crippen LogP contribution in [0.15, 0.2) is 36.5 Å². The summed E-state index contributed by atoms with van der Waals surface area (Å²) in [6.45, 7) is 7.59. The van der Waals surface area contributed by atoms with E-state index >= 15 is 0 Å². The molecule has 0 amide bonds. The van der Waals surface area contributed by atoms with Crippen LogP contribution >= 0.6 is 0 Å². The van der Waals surface area contributed by atoms with Gasteiger partial charge in [-0.3, -0.25) is 4.90 Å². The molecule has 106 valence electrons. The summed E-state index contributed by atoms with van der Waals surface area (Å²) in [5.74, 6) is 0.955. The highest BCUT2D eigenvalue weighted by molar-refractivity contribution is 5.54. The number of benzene rings is 1. The second-order valence-electron chi connectivity index (χ2n) is 5.71. The number of imidazole rings is 1. The Bertz CT molecular complexity index is 549. The van der Waals surface area contributed by atoms with E-state index in [1.165, 1.54) is 5.69 Å². The molecule has 2 unspecified atom stereocenters. The Balaban J connectivity index is 1.71. The fourth-order valence-corrected chi connectivity index (χ4v) is 2.72. The zero-order valence-electron chi connectivity index (χ0n) is 12.1. The van der Waals surface area contributed by atoms with E-state index in [0.717, 1.165) is 31.0 Å². The van der Waals surface area contributed by atoms with Gasteiger partial charge >= 0.3 is 0 Å². The summed E-state index contributed by atoms with van der Waals surface area (Å²) in [4.78, 5) is 10.4. The van der Waals surface area contributed by atoms with Crippen molar-refractivity contribution in [1.29, 1.82) is 0 Å². The number of nitrogens with zero attached hydrogens (tertiary/aromatic N) is 2. The normalized spacial score (nSPS) is 23.9. The van der Waals surface area contributed by atoms with Crippen molar-refractivity contribution in [3.8, 4) is 11.4 Å². The van der Waals surface area contributed by atoms with Crippen LogP contribution in [0.2, 0.25) is 0 Å². The number of aromatic amines is 1. The quantitative estimate of drug-likeness (QED) is 0.899. The SMILES string of the molecule is CC1CN(Cc2cnc(-c3ccccc3)[nH]2)C(C)CN1. The third kappa shape index (κ3) is 2.92. The van der Waals surface area contributed by atoms with E-state index < -0.39 is 0 Å². The maximum Gasteiger partial charge on any atom is 0.137 e. The number of nitrogens with one attached hydrogen (secondary N) is 2. The van der Waals surface area contributed by atoms with Crippen molar-refractivity contribution in [1.82, 2.24) is 20.2 Å². The lowest BCUT2D eigenvalue weighted by Gasteiger charge is -2.37. The second-order valence-corrected chi connectivity index (χ2v) is 5.71. The average Bonchev–Trinajstić information content (AvgIpc) is 2.92. The van der Waals surface area contributed by atoms with E-state index in [9.17, 15) is 0 Å². The zero-order chi connectivity index (χ0) is 13.9. The molecule has 20 heavy (non-hydrogen) atoms. The van der Waals surface area contributed by atoms with Crippen molar-refractivity contribution in [2.24, 2.45) is 0 Å². The molecule has 0 aliphatic carbocycles. The molecule has 2 heterocycles. The summed E-state index contributed by atoms with van der Waals surface area (Å²) < 4.78 is 0. The first-order chi connectivity index (χ1) is 9.72. The molecule has 3 rings (SSSR count). The highest BCUT2D eigenvalue weighted by atomic mass is 15.2. The van der Waals surface area contributed by atoms with Crippen LogP contribution < -0.4 is 5.32 Å².